The van der Waals surface area contributed by atoms with E-state index in [0.717, 1.165) is 30.9 Å². The molecule has 1 aromatic carbocycles. The van der Waals surface area contributed by atoms with Gasteiger partial charge in [-0.25, -0.2) is 4.98 Å². The van der Waals surface area contributed by atoms with Crippen LogP contribution in [0.1, 0.15) is 19.2 Å². The normalized spacial score (nSPS) is 11.9. The largest absolute Gasteiger partial charge is 0.302 e. The Morgan fingerprint density at radius 3 is 2.81 bits per heavy atom. The Bertz CT molecular complexity index is 883. The van der Waals surface area contributed by atoms with Crippen molar-refractivity contribution in [1.29, 1.82) is 0 Å². The number of hydrogen-bond donors (Lipinski definition) is 0. The van der Waals surface area contributed by atoms with Gasteiger partial charge in [0.1, 0.15) is 5.82 Å². The van der Waals surface area contributed by atoms with Crippen molar-refractivity contribution in [2.75, 3.05) is 20.1 Å². The van der Waals surface area contributed by atoms with Crippen LogP contribution in [0, 0.1) is 0 Å². The van der Waals surface area contributed by atoms with Crippen molar-refractivity contribution in [3.63, 3.8) is 0 Å². The standard InChI is InChI=1S/C21H26ClN3O/c1-5-10-16(6-2)15-24(4)13-9-14-25-19(7-3)23-18-12-8-11-17(22)20(18)21(25)26/h5-6,8,10-12H,1-2,7,9,13-15H2,3-4H3/b16-10+. The average molecular weight is 372 g/mol. The molecule has 2 rings (SSSR count). The van der Waals surface area contributed by atoms with Crippen molar-refractivity contribution in [1.82, 2.24) is 14.5 Å². The van der Waals surface area contributed by atoms with Crippen molar-refractivity contribution >= 4 is 22.5 Å². The molecule has 0 atom stereocenters. The van der Waals surface area contributed by atoms with E-state index in [0.29, 0.717) is 28.9 Å². The summed E-state index contributed by atoms with van der Waals surface area (Å²) in [4.78, 5) is 19.7. The third-order valence-corrected chi connectivity index (χ3v) is 4.61. The second-order valence-corrected chi connectivity index (χ2v) is 6.65. The molecule has 138 valence electrons. The monoisotopic (exact) mass is 371 g/mol. The summed E-state index contributed by atoms with van der Waals surface area (Å²) in [5.74, 6) is 0.797. The Kier molecular flexibility index (Phi) is 7.37. The molecule has 0 aliphatic heterocycles. The molecule has 2 aromatic rings. The predicted molar refractivity (Wildman–Crippen MR) is 111 cm³/mol. The number of halogens is 1. The number of benzene rings is 1. The highest BCUT2D eigenvalue weighted by molar-refractivity contribution is 6.35. The van der Waals surface area contributed by atoms with Crippen LogP contribution in [0.25, 0.3) is 10.9 Å². The zero-order valence-corrected chi connectivity index (χ0v) is 16.3. The Labute approximate surface area is 160 Å². The number of fused-ring (bicyclic) bond motifs is 1. The fourth-order valence-electron chi connectivity index (χ4n) is 3.00. The number of likely N-dealkylation sites (N-methyl/N-ethyl adjacent to an activating group) is 1. The Hall–Kier alpha value is -2.17. The van der Waals surface area contributed by atoms with Gasteiger partial charge in [-0.15, -0.1) is 0 Å². The summed E-state index contributed by atoms with van der Waals surface area (Å²) in [6.07, 6.45) is 7.11. The summed E-state index contributed by atoms with van der Waals surface area (Å²) in [5, 5.41) is 0.960. The van der Waals surface area contributed by atoms with E-state index in [4.69, 9.17) is 11.6 Å². The third-order valence-electron chi connectivity index (χ3n) is 4.30. The lowest BCUT2D eigenvalue weighted by Crippen LogP contribution is -2.28. The van der Waals surface area contributed by atoms with Crippen molar-refractivity contribution < 1.29 is 0 Å². The zero-order chi connectivity index (χ0) is 19.1. The van der Waals surface area contributed by atoms with Crippen molar-refractivity contribution in [3.8, 4) is 0 Å². The van der Waals surface area contributed by atoms with Gasteiger partial charge in [0.15, 0.2) is 0 Å². The van der Waals surface area contributed by atoms with Gasteiger partial charge in [-0.05, 0) is 37.7 Å². The quantitative estimate of drug-likeness (QED) is 0.619. The van der Waals surface area contributed by atoms with E-state index in [1.165, 1.54) is 0 Å². The average Bonchev–Trinajstić information content (AvgIpc) is 2.62. The molecule has 0 bridgehead atoms. The van der Waals surface area contributed by atoms with Crippen LogP contribution in [0.4, 0.5) is 0 Å². The summed E-state index contributed by atoms with van der Waals surface area (Å²) >= 11 is 6.23. The second kappa shape index (κ2) is 9.51. The first-order valence-electron chi connectivity index (χ1n) is 8.82. The topological polar surface area (TPSA) is 38.1 Å². The van der Waals surface area contributed by atoms with Crippen LogP contribution in [-0.4, -0.2) is 34.6 Å². The third kappa shape index (κ3) is 4.71. The first-order valence-corrected chi connectivity index (χ1v) is 9.20. The summed E-state index contributed by atoms with van der Waals surface area (Å²) in [6, 6.07) is 5.39. The molecule has 0 amide bonds. The van der Waals surface area contributed by atoms with Crippen LogP contribution in [0.5, 0.6) is 0 Å². The highest BCUT2D eigenvalue weighted by Crippen LogP contribution is 2.19. The molecule has 0 N–H and O–H groups in total. The Morgan fingerprint density at radius 1 is 1.38 bits per heavy atom. The van der Waals surface area contributed by atoms with Gasteiger partial charge in [0.2, 0.25) is 0 Å². The molecule has 0 fully saturated rings. The lowest BCUT2D eigenvalue weighted by molar-refractivity contribution is 0.346. The zero-order valence-electron chi connectivity index (χ0n) is 15.5. The van der Waals surface area contributed by atoms with E-state index in [9.17, 15) is 4.79 Å². The van der Waals surface area contributed by atoms with Crippen molar-refractivity contribution in [2.45, 2.75) is 26.3 Å². The van der Waals surface area contributed by atoms with E-state index < -0.39 is 0 Å². The van der Waals surface area contributed by atoms with Crippen LogP contribution < -0.4 is 5.56 Å². The Morgan fingerprint density at radius 2 is 2.15 bits per heavy atom. The fraction of sp³-hybridized carbons (Fsp3) is 0.333. The number of rotatable bonds is 9. The smallest absolute Gasteiger partial charge is 0.262 e. The Balaban J connectivity index is 2.15. The maximum atomic E-state index is 12.9. The minimum absolute atomic E-state index is 0.0570. The lowest BCUT2D eigenvalue weighted by atomic mass is 10.2. The molecular weight excluding hydrogens is 346 g/mol. The minimum Gasteiger partial charge on any atom is -0.302 e. The van der Waals surface area contributed by atoms with E-state index >= 15 is 0 Å². The molecule has 5 heteroatoms. The number of aromatic nitrogens is 2. The molecule has 0 saturated heterocycles. The van der Waals surface area contributed by atoms with Crippen LogP contribution in [0.3, 0.4) is 0 Å². The van der Waals surface area contributed by atoms with Crippen LogP contribution in [-0.2, 0) is 13.0 Å². The molecule has 0 spiro atoms. The van der Waals surface area contributed by atoms with Crippen LogP contribution in [0.15, 0.2) is 60.0 Å². The van der Waals surface area contributed by atoms with Gasteiger partial charge in [0.05, 0.1) is 15.9 Å². The van der Waals surface area contributed by atoms with E-state index in [2.05, 4.69) is 30.1 Å². The van der Waals surface area contributed by atoms with Crippen molar-refractivity contribution in [3.05, 3.63) is 76.4 Å². The van der Waals surface area contributed by atoms with Gasteiger partial charge < -0.3 is 4.90 Å². The highest BCUT2D eigenvalue weighted by Gasteiger charge is 2.12. The summed E-state index contributed by atoms with van der Waals surface area (Å²) < 4.78 is 1.76. The van der Waals surface area contributed by atoms with Gasteiger partial charge in [0.25, 0.3) is 5.56 Å². The van der Waals surface area contributed by atoms with Gasteiger partial charge in [-0.3, -0.25) is 9.36 Å². The lowest BCUT2D eigenvalue weighted by Gasteiger charge is -2.18. The number of allylic oxidation sites excluding steroid dienone is 2. The molecule has 4 nitrogen and oxygen atoms in total. The highest BCUT2D eigenvalue weighted by atomic mass is 35.5. The van der Waals surface area contributed by atoms with Crippen LogP contribution in [0.2, 0.25) is 5.02 Å². The van der Waals surface area contributed by atoms with E-state index in [-0.39, 0.29) is 5.56 Å². The number of nitrogens with zero attached hydrogens (tertiary/aromatic N) is 3. The fourth-order valence-corrected chi connectivity index (χ4v) is 3.25. The van der Waals surface area contributed by atoms with Gasteiger partial charge in [-0.1, -0.05) is 56.0 Å². The molecular formula is C21H26ClN3O. The molecule has 0 radical (unpaired) electrons. The second-order valence-electron chi connectivity index (χ2n) is 6.25. The molecule has 0 unspecified atom stereocenters. The maximum absolute atomic E-state index is 12.9. The van der Waals surface area contributed by atoms with Gasteiger partial charge >= 0.3 is 0 Å². The molecule has 0 saturated carbocycles. The van der Waals surface area contributed by atoms with E-state index in [1.54, 1.807) is 16.7 Å². The molecule has 0 aliphatic rings. The first-order chi connectivity index (χ1) is 12.5. The maximum Gasteiger partial charge on any atom is 0.262 e. The van der Waals surface area contributed by atoms with Gasteiger partial charge in [-0.2, -0.15) is 0 Å². The van der Waals surface area contributed by atoms with Gasteiger partial charge in [0, 0.05) is 19.5 Å². The first kappa shape index (κ1) is 20.1. The molecule has 0 aliphatic carbocycles. The molecule has 1 heterocycles. The predicted octanol–water partition coefficient (Wildman–Crippen LogP) is 4.23. The van der Waals surface area contributed by atoms with E-state index in [1.807, 2.05) is 31.2 Å². The summed E-state index contributed by atoms with van der Waals surface area (Å²) in [6.45, 7) is 11.8. The SMILES string of the molecule is C=C/C=C(\C=C)CN(C)CCCn1c(CC)nc2cccc(Cl)c2c1=O. The molecule has 1 aromatic heterocycles. The van der Waals surface area contributed by atoms with Crippen molar-refractivity contribution in [2.24, 2.45) is 0 Å². The molecule has 26 heavy (non-hydrogen) atoms. The number of aryl methyl sites for hydroxylation is 1. The number of hydrogen-bond acceptors (Lipinski definition) is 3. The summed E-state index contributed by atoms with van der Waals surface area (Å²) in [7, 11) is 2.06. The van der Waals surface area contributed by atoms with Crippen LogP contribution >= 0.6 is 11.6 Å². The minimum atomic E-state index is -0.0570. The summed E-state index contributed by atoms with van der Waals surface area (Å²) in [5.41, 5.74) is 1.73.